The van der Waals surface area contributed by atoms with Crippen molar-refractivity contribution in [2.24, 2.45) is 0 Å². The molecule has 2 amide bonds. The van der Waals surface area contributed by atoms with Crippen molar-refractivity contribution in [3.63, 3.8) is 0 Å². The second-order valence-electron chi connectivity index (χ2n) is 4.00. The van der Waals surface area contributed by atoms with E-state index in [2.05, 4.69) is 20.6 Å². The van der Waals surface area contributed by atoms with Crippen LogP contribution in [0.2, 0.25) is 0 Å². The van der Waals surface area contributed by atoms with Crippen LogP contribution in [0.4, 0.5) is 0 Å². The molecule has 2 rings (SSSR count). The molecule has 0 bridgehead atoms. The van der Waals surface area contributed by atoms with Crippen LogP contribution in [0.3, 0.4) is 0 Å². The van der Waals surface area contributed by atoms with E-state index >= 15 is 0 Å². The summed E-state index contributed by atoms with van der Waals surface area (Å²) in [6, 6.07) is -1.71. The van der Waals surface area contributed by atoms with Crippen molar-refractivity contribution in [3.05, 3.63) is 18.2 Å². The number of carbonyl (C=O) groups is 3. The van der Waals surface area contributed by atoms with Crippen molar-refractivity contribution in [1.29, 1.82) is 0 Å². The van der Waals surface area contributed by atoms with E-state index < -0.39 is 36.3 Å². The van der Waals surface area contributed by atoms with E-state index in [0.717, 1.165) is 0 Å². The lowest BCUT2D eigenvalue weighted by molar-refractivity contribution is -0.143. The smallest absolute Gasteiger partial charge is 0.305 e. The normalized spacial score (nSPS) is 23.3. The molecule has 0 saturated carbocycles. The summed E-state index contributed by atoms with van der Waals surface area (Å²) in [7, 11) is 0. The number of carboxylic acids is 1. The third-order valence-corrected chi connectivity index (χ3v) is 2.62. The van der Waals surface area contributed by atoms with E-state index in [1.54, 1.807) is 6.20 Å². The first kappa shape index (κ1) is 12.1. The molecule has 1 aromatic heterocycles. The molecule has 1 fully saturated rings. The second-order valence-corrected chi connectivity index (χ2v) is 4.00. The topological polar surface area (TPSA) is 124 Å². The number of piperazine rings is 1. The van der Waals surface area contributed by atoms with E-state index in [0.29, 0.717) is 5.69 Å². The average Bonchev–Trinajstić information content (AvgIpc) is 2.77. The average molecular weight is 252 g/mol. The highest BCUT2D eigenvalue weighted by Crippen LogP contribution is 2.06. The number of aliphatic carboxylic acids is 1. The Kier molecular flexibility index (Phi) is 3.26. The van der Waals surface area contributed by atoms with Crippen LogP contribution in [-0.4, -0.2) is 44.9 Å². The fraction of sp³-hybridized carbons (Fsp3) is 0.400. The van der Waals surface area contributed by atoms with E-state index in [9.17, 15) is 14.4 Å². The van der Waals surface area contributed by atoms with Crippen molar-refractivity contribution in [2.75, 3.05) is 0 Å². The van der Waals surface area contributed by atoms with Gasteiger partial charge in [-0.2, -0.15) is 0 Å². The van der Waals surface area contributed by atoms with Gasteiger partial charge in [-0.3, -0.25) is 14.4 Å². The second kappa shape index (κ2) is 4.86. The van der Waals surface area contributed by atoms with Crippen LogP contribution in [0, 0.1) is 0 Å². The first-order valence-electron chi connectivity index (χ1n) is 5.36. The van der Waals surface area contributed by atoms with Gasteiger partial charge in [0.25, 0.3) is 0 Å². The number of rotatable bonds is 4. The zero-order valence-electron chi connectivity index (χ0n) is 9.34. The Morgan fingerprint density at radius 2 is 1.94 bits per heavy atom. The van der Waals surface area contributed by atoms with Crippen LogP contribution in [-0.2, 0) is 20.8 Å². The summed E-state index contributed by atoms with van der Waals surface area (Å²) in [5, 5.41) is 13.5. The lowest BCUT2D eigenvalue weighted by Gasteiger charge is -2.28. The fourth-order valence-corrected chi connectivity index (χ4v) is 1.75. The summed E-state index contributed by atoms with van der Waals surface area (Å²) in [5.41, 5.74) is 0.715. The van der Waals surface area contributed by atoms with Gasteiger partial charge in [0.1, 0.15) is 12.1 Å². The summed E-state index contributed by atoms with van der Waals surface area (Å²) in [6.07, 6.45) is 2.90. The Hall–Kier alpha value is -2.38. The Balaban J connectivity index is 1.99. The van der Waals surface area contributed by atoms with Crippen LogP contribution in [0.5, 0.6) is 0 Å². The summed E-state index contributed by atoms with van der Waals surface area (Å²) in [5.74, 6) is -2.01. The number of nitrogens with zero attached hydrogens (tertiary/aromatic N) is 1. The number of H-pyrrole nitrogens is 1. The van der Waals surface area contributed by atoms with Crippen LogP contribution < -0.4 is 10.6 Å². The lowest BCUT2D eigenvalue weighted by atomic mass is 10.0. The molecule has 18 heavy (non-hydrogen) atoms. The fourth-order valence-electron chi connectivity index (χ4n) is 1.75. The molecule has 8 nitrogen and oxygen atoms in total. The molecule has 2 heterocycles. The number of hydrogen-bond donors (Lipinski definition) is 4. The predicted molar refractivity (Wildman–Crippen MR) is 58.4 cm³/mol. The Morgan fingerprint density at radius 1 is 1.28 bits per heavy atom. The van der Waals surface area contributed by atoms with Crippen LogP contribution in [0.15, 0.2) is 12.5 Å². The number of imidazole rings is 1. The number of carbonyl (C=O) groups excluding carboxylic acids is 2. The number of amides is 2. The molecule has 2 atom stereocenters. The van der Waals surface area contributed by atoms with E-state index in [1.165, 1.54) is 6.33 Å². The number of hydrogen-bond acceptors (Lipinski definition) is 4. The van der Waals surface area contributed by atoms with Crippen molar-refractivity contribution in [3.8, 4) is 0 Å². The van der Waals surface area contributed by atoms with E-state index in [1.807, 2.05) is 0 Å². The van der Waals surface area contributed by atoms with Gasteiger partial charge in [-0.25, -0.2) is 4.98 Å². The highest BCUT2D eigenvalue weighted by molar-refractivity contribution is 5.98. The molecule has 0 aromatic carbocycles. The highest BCUT2D eigenvalue weighted by atomic mass is 16.4. The maximum Gasteiger partial charge on any atom is 0.305 e. The molecule has 0 spiro atoms. The summed E-state index contributed by atoms with van der Waals surface area (Å²) in [6.45, 7) is 0. The van der Waals surface area contributed by atoms with Crippen LogP contribution in [0.25, 0.3) is 0 Å². The molecule has 1 aliphatic rings. The Morgan fingerprint density at radius 3 is 2.56 bits per heavy atom. The van der Waals surface area contributed by atoms with Crippen LogP contribution in [0.1, 0.15) is 12.1 Å². The first-order valence-corrected chi connectivity index (χ1v) is 5.36. The quantitative estimate of drug-likeness (QED) is 0.514. The van der Waals surface area contributed by atoms with Gasteiger partial charge in [-0.05, 0) is 0 Å². The van der Waals surface area contributed by atoms with Crippen molar-refractivity contribution in [1.82, 2.24) is 20.6 Å². The monoisotopic (exact) mass is 252 g/mol. The number of aromatic nitrogens is 2. The highest BCUT2D eigenvalue weighted by Gasteiger charge is 2.34. The molecular formula is C10H12N4O4. The minimum Gasteiger partial charge on any atom is -0.481 e. The summed E-state index contributed by atoms with van der Waals surface area (Å²) >= 11 is 0. The van der Waals surface area contributed by atoms with Crippen molar-refractivity contribution < 1.29 is 19.5 Å². The van der Waals surface area contributed by atoms with Gasteiger partial charge in [0, 0.05) is 18.3 Å². The zero-order chi connectivity index (χ0) is 13.1. The molecule has 0 aliphatic carbocycles. The number of aromatic amines is 1. The largest absolute Gasteiger partial charge is 0.481 e. The summed E-state index contributed by atoms with van der Waals surface area (Å²) in [4.78, 5) is 40.5. The van der Waals surface area contributed by atoms with Crippen molar-refractivity contribution in [2.45, 2.75) is 24.9 Å². The molecule has 8 heteroatoms. The standard InChI is InChI=1S/C10H12N4O4/c15-8(16)2-7-10(18)13-6(9(17)14-7)1-5-3-11-4-12-5/h3-4,6-7H,1-2H2,(H,11,12)(H,13,18)(H,14,17)(H,15,16). The molecule has 96 valence electrons. The third-order valence-electron chi connectivity index (χ3n) is 2.62. The maximum absolute atomic E-state index is 11.7. The van der Waals surface area contributed by atoms with E-state index in [-0.39, 0.29) is 6.42 Å². The minimum atomic E-state index is -1.14. The lowest BCUT2D eigenvalue weighted by Crippen LogP contribution is -2.62. The summed E-state index contributed by atoms with van der Waals surface area (Å²) < 4.78 is 0. The van der Waals surface area contributed by atoms with Crippen molar-refractivity contribution >= 4 is 17.8 Å². The van der Waals surface area contributed by atoms with Gasteiger partial charge in [0.05, 0.1) is 12.7 Å². The zero-order valence-corrected chi connectivity index (χ0v) is 9.34. The van der Waals surface area contributed by atoms with E-state index in [4.69, 9.17) is 5.11 Å². The predicted octanol–water partition coefficient (Wildman–Crippen LogP) is -1.59. The van der Waals surface area contributed by atoms with Crippen LogP contribution >= 0.6 is 0 Å². The molecule has 0 radical (unpaired) electrons. The molecule has 1 aliphatic heterocycles. The molecule has 1 aromatic rings. The Labute approximate surface area is 102 Å². The Bertz CT molecular complexity index is 470. The number of carboxylic acid groups (broad SMARTS) is 1. The molecular weight excluding hydrogens is 240 g/mol. The van der Waals surface area contributed by atoms with Gasteiger partial charge in [-0.15, -0.1) is 0 Å². The van der Waals surface area contributed by atoms with Gasteiger partial charge in [-0.1, -0.05) is 0 Å². The molecule has 1 saturated heterocycles. The third kappa shape index (κ3) is 2.65. The maximum atomic E-state index is 11.7. The number of nitrogens with one attached hydrogen (secondary N) is 3. The van der Waals surface area contributed by atoms with Gasteiger partial charge < -0.3 is 20.7 Å². The van der Waals surface area contributed by atoms with Gasteiger partial charge in [0.15, 0.2) is 0 Å². The minimum absolute atomic E-state index is 0.289. The van der Waals surface area contributed by atoms with Gasteiger partial charge in [0.2, 0.25) is 11.8 Å². The first-order chi connectivity index (χ1) is 8.56. The molecule has 4 N–H and O–H groups in total. The SMILES string of the molecule is O=C(O)CC1NC(=O)C(Cc2cnc[nH]2)NC1=O. The van der Waals surface area contributed by atoms with Gasteiger partial charge >= 0.3 is 5.97 Å². The molecule has 2 unspecified atom stereocenters.